The van der Waals surface area contributed by atoms with Crippen molar-refractivity contribution in [3.05, 3.63) is 63.8 Å². The van der Waals surface area contributed by atoms with Crippen LogP contribution in [0.15, 0.2) is 47.1 Å². The Morgan fingerprint density at radius 2 is 2.03 bits per heavy atom. The average molecular weight is 536 g/mol. The molecule has 161 valence electrons. The molecule has 1 heterocycles. The number of fused-ring (bicyclic) bond motifs is 1. The van der Waals surface area contributed by atoms with E-state index in [1.54, 1.807) is 48.7 Å². The van der Waals surface area contributed by atoms with Crippen molar-refractivity contribution in [2.45, 2.75) is 6.42 Å². The van der Waals surface area contributed by atoms with Gasteiger partial charge in [0.05, 0.1) is 42.3 Å². The fraction of sp³-hybridized carbons (Fsp3) is 0.136. The largest absolute Gasteiger partial charge is 0.694 e. The van der Waals surface area contributed by atoms with Gasteiger partial charge in [0, 0.05) is 61.3 Å². The number of allylic oxidation sites excluding steroid dienone is 1. The standard InChI is InChI=1S/C22H15BrN3O5P.Na/c1-30-21-5-2-14(11-24)8-15(21)9-16(12-25)19-13-26(22(27)6-7-31-32(28)29)20-4-3-17(23)10-18(19)20;/h2-5,8-10,13H,6-7H2,1H3;/p+1/b16-9+;. The first-order valence-electron chi connectivity index (χ1n) is 9.21. The quantitative estimate of drug-likeness (QED) is 0.265. The van der Waals surface area contributed by atoms with E-state index in [0.717, 1.165) is 4.47 Å². The van der Waals surface area contributed by atoms with Gasteiger partial charge in [0.1, 0.15) is 12.4 Å². The second kappa shape index (κ2) is 12.2. The van der Waals surface area contributed by atoms with Gasteiger partial charge in [-0.2, -0.15) is 10.5 Å². The van der Waals surface area contributed by atoms with Gasteiger partial charge in [-0.3, -0.25) is 9.36 Å². The third kappa shape index (κ3) is 6.38. The van der Waals surface area contributed by atoms with Crippen LogP contribution in [0.25, 0.3) is 22.6 Å². The van der Waals surface area contributed by atoms with Gasteiger partial charge in [-0.25, -0.2) is 0 Å². The van der Waals surface area contributed by atoms with Gasteiger partial charge in [-0.05, 0) is 42.5 Å². The summed E-state index contributed by atoms with van der Waals surface area (Å²) in [6.45, 7) is -0.213. The Labute approximate surface area is 221 Å². The molecular weight excluding hydrogens is 520 g/mol. The number of hydrogen-bond donors (Lipinski definition) is 1. The van der Waals surface area contributed by atoms with E-state index in [-0.39, 0.29) is 54.1 Å². The third-order valence-corrected chi connectivity index (χ3v) is 5.52. The van der Waals surface area contributed by atoms with Crippen LogP contribution in [-0.4, -0.2) is 58.6 Å². The van der Waals surface area contributed by atoms with Crippen molar-refractivity contribution in [1.29, 1.82) is 10.5 Å². The molecule has 33 heavy (non-hydrogen) atoms. The topological polar surface area (TPSA) is 125 Å². The maximum Gasteiger partial charge on any atom is 0.694 e. The number of ether oxygens (including phenoxy) is 1. The molecule has 3 rings (SSSR count). The van der Waals surface area contributed by atoms with Crippen LogP contribution in [0.3, 0.4) is 0 Å². The minimum Gasteiger partial charge on any atom is -0.496 e. The van der Waals surface area contributed by atoms with Crippen LogP contribution in [0.5, 0.6) is 5.75 Å². The van der Waals surface area contributed by atoms with Crippen LogP contribution in [0.1, 0.15) is 27.9 Å². The Morgan fingerprint density at radius 1 is 1.27 bits per heavy atom. The van der Waals surface area contributed by atoms with Crippen molar-refractivity contribution in [2.24, 2.45) is 0 Å². The molecule has 1 unspecified atom stereocenters. The normalized spacial score (nSPS) is 11.3. The molecule has 0 amide bonds. The zero-order valence-electron chi connectivity index (χ0n) is 17.8. The van der Waals surface area contributed by atoms with Gasteiger partial charge in [0.15, 0.2) is 0 Å². The second-order valence-corrected chi connectivity index (χ2v) is 8.18. The molecule has 0 spiro atoms. The van der Waals surface area contributed by atoms with Crippen LogP contribution in [-0.2, 0) is 9.09 Å². The monoisotopic (exact) mass is 535 g/mol. The summed E-state index contributed by atoms with van der Waals surface area (Å²) < 4.78 is 22.8. The Hall–Kier alpha value is -2.33. The molecule has 0 fully saturated rings. The smallest absolute Gasteiger partial charge is 0.496 e. The molecule has 8 nitrogen and oxygen atoms in total. The van der Waals surface area contributed by atoms with E-state index in [0.29, 0.717) is 33.3 Å². The number of aromatic nitrogens is 1. The van der Waals surface area contributed by atoms with E-state index in [1.807, 2.05) is 0 Å². The van der Waals surface area contributed by atoms with Crippen molar-refractivity contribution < 1.29 is 23.5 Å². The van der Waals surface area contributed by atoms with Crippen LogP contribution in [0.2, 0.25) is 0 Å². The van der Waals surface area contributed by atoms with Gasteiger partial charge in [0.2, 0.25) is 5.91 Å². The van der Waals surface area contributed by atoms with Crippen LogP contribution in [0, 0.1) is 22.7 Å². The van der Waals surface area contributed by atoms with Crippen molar-refractivity contribution in [3.63, 3.8) is 0 Å². The number of benzene rings is 2. The summed E-state index contributed by atoms with van der Waals surface area (Å²) >= 11 is 3.42. The summed E-state index contributed by atoms with van der Waals surface area (Å²) in [4.78, 5) is 21.5. The van der Waals surface area contributed by atoms with Gasteiger partial charge >= 0.3 is 8.25 Å². The Balaban J connectivity index is 0.00000385. The summed E-state index contributed by atoms with van der Waals surface area (Å²) in [6, 6.07) is 14.4. The number of carbonyl (C=O) groups is 1. The SMILES string of the molecule is COc1ccc(C#N)cc1/C=C(\C#N)c1cn(C(=O)CCO[P+](=O)O)c2ccc(Br)cc12.[Na]. The summed E-state index contributed by atoms with van der Waals surface area (Å²) in [6.07, 6.45) is 3.03. The maximum absolute atomic E-state index is 12.7. The molecule has 2 aromatic carbocycles. The van der Waals surface area contributed by atoms with E-state index in [1.165, 1.54) is 11.7 Å². The first kappa shape index (κ1) is 26.9. The van der Waals surface area contributed by atoms with E-state index in [4.69, 9.17) is 9.63 Å². The van der Waals surface area contributed by atoms with E-state index < -0.39 is 8.25 Å². The number of carbonyl (C=O) groups excluding carboxylic acids is 1. The van der Waals surface area contributed by atoms with Gasteiger partial charge in [-0.1, -0.05) is 15.9 Å². The van der Waals surface area contributed by atoms with Crippen LogP contribution < -0.4 is 4.74 Å². The molecule has 1 aromatic heterocycles. The van der Waals surface area contributed by atoms with Crippen molar-refractivity contribution in [1.82, 2.24) is 4.57 Å². The van der Waals surface area contributed by atoms with Crippen LogP contribution in [0.4, 0.5) is 0 Å². The van der Waals surface area contributed by atoms with Crippen molar-refractivity contribution in [3.8, 4) is 17.9 Å². The fourth-order valence-electron chi connectivity index (χ4n) is 3.20. The first-order chi connectivity index (χ1) is 15.4. The molecule has 0 aliphatic heterocycles. The molecule has 0 aliphatic rings. The molecule has 11 heteroatoms. The molecular formula is C22H16BrN3NaO5P+. The molecule has 1 atom stereocenters. The van der Waals surface area contributed by atoms with Gasteiger partial charge < -0.3 is 4.74 Å². The average Bonchev–Trinajstić information content (AvgIpc) is 3.15. The number of rotatable bonds is 7. The molecule has 0 saturated carbocycles. The van der Waals surface area contributed by atoms with Crippen molar-refractivity contribution in [2.75, 3.05) is 13.7 Å². The van der Waals surface area contributed by atoms with Crippen LogP contribution >= 0.6 is 24.2 Å². The third-order valence-electron chi connectivity index (χ3n) is 4.62. The fourth-order valence-corrected chi connectivity index (χ4v) is 3.81. The summed E-state index contributed by atoms with van der Waals surface area (Å²) in [5.74, 6) is 0.134. The second-order valence-electron chi connectivity index (χ2n) is 6.53. The predicted molar refractivity (Wildman–Crippen MR) is 128 cm³/mol. The van der Waals surface area contributed by atoms with E-state index in [2.05, 4.69) is 32.6 Å². The molecule has 1 N–H and O–H groups in total. The molecule has 0 aliphatic carbocycles. The number of halogens is 1. The van der Waals surface area contributed by atoms with E-state index >= 15 is 0 Å². The number of nitrogens with zero attached hydrogens (tertiary/aromatic N) is 3. The summed E-state index contributed by atoms with van der Waals surface area (Å²) in [5.41, 5.74) is 2.31. The Morgan fingerprint density at radius 3 is 2.67 bits per heavy atom. The van der Waals surface area contributed by atoms with Gasteiger partial charge in [0.25, 0.3) is 0 Å². The molecule has 3 aromatic rings. The Kier molecular flexibility index (Phi) is 9.97. The molecule has 0 bridgehead atoms. The zero-order chi connectivity index (χ0) is 23.3. The molecule has 0 saturated heterocycles. The minimum absolute atomic E-state index is 0. The van der Waals surface area contributed by atoms with Crippen molar-refractivity contribution >= 4 is 82.2 Å². The number of nitriles is 2. The molecule has 1 radical (unpaired) electrons. The summed E-state index contributed by atoms with van der Waals surface area (Å²) in [5, 5.41) is 19.8. The first-order valence-corrected chi connectivity index (χ1v) is 11.1. The minimum atomic E-state index is -2.79. The number of methoxy groups -OCH3 is 1. The zero-order valence-corrected chi connectivity index (χ0v) is 22.3. The number of hydrogen-bond acceptors (Lipinski definition) is 6. The van der Waals surface area contributed by atoms with E-state index in [9.17, 15) is 19.9 Å². The summed E-state index contributed by atoms with van der Waals surface area (Å²) in [7, 11) is -1.29. The van der Waals surface area contributed by atoms with Gasteiger partial charge in [-0.15, -0.1) is 9.42 Å². The Bertz CT molecular complexity index is 1340. The maximum atomic E-state index is 12.7. The predicted octanol–water partition coefficient (Wildman–Crippen LogP) is 4.66.